The summed E-state index contributed by atoms with van der Waals surface area (Å²) < 4.78 is 1.97. The van der Waals surface area contributed by atoms with Crippen LogP contribution in [0.1, 0.15) is 5.56 Å². The summed E-state index contributed by atoms with van der Waals surface area (Å²) in [7, 11) is 2.13. The molecule has 116 valence electrons. The highest BCUT2D eigenvalue weighted by molar-refractivity contribution is 5.87. The maximum absolute atomic E-state index is 7.31. The molecule has 0 bridgehead atoms. The van der Waals surface area contributed by atoms with Crippen molar-refractivity contribution in [1.29, 1.82) is 0 Å². The minimum atomic E-state index is 0.641. The lowest BCUT2D eigenvalue weighted by atomic mass is 10.1. The summed E-state index contributed by atoms with van der Waals surface area (Å²) in [6, 6.07) is 3.84. The largest absolute Gasteiger partial charge is 0.351 e. The van der Waals surface area contributed by atoms with Crippen LogP contribution in [-0.4, -0.2) is 57.7 Å². The van der Waals surface area contributed by atoms with Crippen molar-refractivity contribution >= 4 is 28.2 Å². The molecule has 0 spiro atoms. The quantitative estimate of drug-likeness (QED) is 0.643. The van der Waals surface area contributed by atoms with Crippen LogP contribution in [0.4, 0.5) is 11.5 Å². The van der Waals surface area contributed by atoms with Gasteiger partial charge >= 0.3 is 0 Å². The molecule has 1 aliphatic heterocycles. The van der Waals surface area contributed by atoms with E-state index in [-0.39, 0.29) is 0 Å². The normalized spacial score (nSPS) is 16.1. The van der Waals surface area contributed by atoms with Crippen LogP contribution in [0.5, 0.6) is 0 Å². The number of hydrogen-bond acceptors (Lipinski definition) is 5. The Kier molecular flexibility index (Phi) is 3.13. The van der Waals surface area contributed by atoms with Crippen molar-refractivity contribution in [3.05, 3.63) is 35.4 Å². The van der Waals surface area contributed by atoms with Gasteiger partial charge in [-0.2, -0.15) is 0 Å². The van der Waals surface area contributed by atoms with Gasteiger partial charge in [-0.1, -0.05) is 0 Å². The topological polar surface area (TPSA) is 53.9 Å². The molecule has 3 aromatic rings. The fourth-order valence-electron chi connectivity index (χ4n) is 3.03. The lowest BCUT2D eigenvalue weighted by molar-refractivity contribution is 0.312. The third kappa shape index (κ3) is 2.19. The second-order valence-electron chi connectivity index (χ2n) is 5.99. The van der Waals surface area contributed by atoms with Crippen molar-refractivity contribution in [3.8, 4) is 0 Å². The van der Waals surface area contributed by atoms with Crippen molar-refractivity contribution in [1.82, 2.24) is 24.5 Å². The predicted octanol–water partition coefficient (Wildman–Crippen LogP) is 1.89. The fraction of sp³-hybridized carbons (Fsp3) is 0.375. The van der Waals surface area contributed by atoms with E-state index in [0.29, 0.717) is 5.69 Å². The van der Waals surface area contributed by atoms with Crippen LogP contribution in [0.2, 0.25) is 0 Å². The lowest BCUT2D eigenvalue weighted by Gasteiger charge is -2.33. The molecular formula is C16H17N7. The smallest absolute Gasteiger partial charge is 0.204 e. The molecule has 0 amide bonds. The predicted molar refractivity (Wildman–Crippen MR) is 89.0 cm³/mol. The van der Waals surface area contributed by atoms with Gasteiger partial charge in [0, 0.05) is 26.2 Å². The first-order chi connectivity index (χ1) is 11.2. The van der Waals surface area contributed by atoms with Gasteiger partial charge in [-0.05, 0) is 31.7 Å². The molecule has 1 fully saturated rings. The molecule has 23 heavy (non-hydrogen) atoms. The number of anilines is 1. The lowest BCUT2D eigenvalue weighted by Crippen LogP contribution is -2.45. The number of likely N-dealkylation sites (N-methyl/N-ethyl adjacent to an activating group) is 1. The Balaban J connectivity index is 1.94. The highest BCUT2D eigenvalue weighted by atomic mass is 15.3. The fourth-order valence-corrected chi connectivity index (χ4v) is 3.03. The number of rotatable bonds is 1. The average molecular weight is 307 g/mol. The van der Waals surface area contributed by atoms with Crippen molar-refractivity contribution in [2.45, 2.75) is 6.92 Å². The second kappa shape index (κ2) is 5.18. The molecule has 0 N–H and O–H groups in total. The summed E-state index contributed by atoms with van der Waals surface area (Å²) in [5.41, 5.74) is 4.10. The van der Waals surface area contributed by atoms with Gasteiger partial charge in [0.1, 0.15) is 6.33 Å². The summed E-state index contributed by atoms with van der Waals surface area (Å²) in [6.07, 6.45) is 1.72. The Morgan fingerprint density at radius 3 is 2.70 bits per heavy atom. The Hall–Kier alpha value is -2.72. The Bertz CT molecular complexity index is 929. The molecule has 7 nitrogen and oxygen atoms in total. The van der Waals surface area contributed by atoms with E-state index in [1.165, 1.54) is 0 Å². The van der Waals surface area contributed by atoms with Gasteiger partial charge in [-0.15, -0.1) is 10.2 Å². The number of piperazine rings is 1. The Labute approximate surface area is 134 Å². The monoisotopic (exact) mass is 307 g/mol. The minimum absolute atomic E-state index is 0.641. The molecule has 4 rings (SSSR count). The van der Waals surface area contributed by atoms with Crippen LogP contribution in [0.25, 0.3) is 21.5 Å². The van der Waals surface area contributed by atoms with Crippen molar-refractivity contribution < 1.29 is 0 Å². The zero-order valence-electron chi connectivity index (χ0n) is 13.2. The minimum Gasteiger partial charge on any atom is -0.351 e. The summed E-state index contributed by atoms with van der Waals surface area (Å²) in [5, 5.41) is 8.34. The highest BCUT2D eigenvalue weighted by Gasteiger charge is 2.20. The van der Waals surface area contributed by atoms with Crippen LogP contribution in [0, 0.1) is 13.5 Å². The molecule has 7 heteroatoms. The zero-order valence-corrected chi connectivity index (χ0v) is 13.2. The van der Waals surface area contributed by atoms with E-state index in [2.05, 4.69) is 31.9 Å². The molecular weight excluding hydrogens is 290 g/mol. The van der Waals surface area contributed by atoms with Crippen LogP contribution >= 0.6 is 0 Å². The molecule has 0 radical (unpaired) electrons. The van der Waals surface area contributed by atoms with E-state index in [0.717, 1.165) is 54.2 Å². The van der Waals surface area contributed by atoms with Crippen LogP contribution in [-0.2, 0) is 0 Å². The maximum atomic E-state index is 7.31. The molecule has 1 aromatic carbocycles. The SMILES string of the molecule is [C-]#[N+]c1cc2nc(N3CCN(C)CC3)c3nncn3c2cc1C. The van der Waals surface area contributed by atoms with Crippen LogP contribution in [0.15, 0.2) is 18.5 Å². The van der Waals surface area contributed by atoms with Gasteiger partial charge in [0.2, 0.25) is 5.65 Å². The van der Waals surface area contributed by atoms with Crippen molar-refractivity contribution in [2.75, 3.05) is 38.1 Å². The number of hydrogen-bond donors (Lipinski definition) is 0. The molecule has 2 aromatic heterocycles. The number of fused-ring (bicyclic) bond motifs is 3. The first kappa shape index (κ1) is 13.9. The molecule has 1 aliphatic rings. The van der Waals surface area contributed by atoms with E-state index in [9.17, 15) is 0 Å². The van der Waals surface area contributed by atoms with E-state index >= 15 is 0 Å². The first-order valence-corrected chi connectivity index (χ1v) is 7.62. The zero-order chi connectivity index (χ0) is 16.0. The van der Waals surface area contributed by atoms with Gasteiger partial charge in [0.25, 0.3) is 0 Å². The molecule has 0 saturated carbocycles. The van der Waals surface area contributed by atoms with E-state index < -0.39 is 0 Å². The number of benzene rings is 1. The van der Waals surface area contributed by atoms with Crippen LogP contribution < -0.4 is 4.90 Å². The molecule has 0 atom stereocenters. The standard InChI is InChI=1S/C16H17N7/c1-11-8-14-13(9-12(11)17-2)19-15(16-20-18-10-23(14)16)22-6-4-21(3)5-7-22/h8-10H,4-7H2,1,3H3. The average Bonchev–Trinajstić information content (AvgIpc) is 3.04. The Morgan fingerprint density at radius 2 is 1.96 bits per heavy atom. The highest BCUT2D eigenvalue weighted by Crippen LogP contribution is 2.29. The third-order valence-electron chi connectivity index (χ3n) is 4.45. The number of nitrogens with zero attached hydrogens (tertiary/aromatic N) is 7. The molecule has 3 heterocycles. The summed E-state index contributed by atoms with van der Waals surface area (Å²) >= 11 is 0. The molecule has 1 saturated heterocycles. The van der Waals surface area contributed by atoms with Gasteiger partial charge in [-0.25, -0.2) is 9.83 Å². The molecule has 0 unspecified atom stereocenters. The summed E-state index contributed by atoms with van der Waals surface area (Å²) in [6.45, 7) is 13.1. The van der Waals surface area contributed by atoms with Gasteiger partial charge < -0.3 is 9.80 Å². The summed E-state index contributed by atoms with van der Waals surface area (Å²) in [5.74, 6) is 0.850. The third-order valence-corrected chi connectivity index (χ3v) is 4.45. The Morgan fingerprint density at radius 1 is 1.17 bits per heavy atom. The number of aromatic nitrogens is 4. The van der Waals surface area contributed by atoms with E-state index in [4.69, 9.17) is 11.6 Å². The van der Waals surface area contributed by atoms with Gasteiger partial charge in [0.15, 0.2) is 11.5 Å². The maximum Gasteiger partial charge on any atom is 0.204 e. The van der Waals surface area contributed by atoms with Gasteiger partial charge in [-0.3, -0.25) is 4.40 Å². The summed E-state index contributed by atoms with van der Waals surface area (Å²) in [4.78, 5) is 13.0. The van der Waals surface area contributed by atoms with E-state index in [1.807, 2.05) is 23.5 Å². The number of aryl methyl sites for hydroxylation is 1. The van der Waals surface area contributed by atoms with Crippen molar-refractivity contribution in [3.63, 3.8) is 0 Å². The van der Waals surface area contributed by atoms with Gasteiger partial charge in [0.05, 0.1) is 17.6 Å². The van der Waals surface area contributed by atoms with E-state index in [1.54, 1.807) is 6.33 Å². The molecule has 0 aliphatic carbocycles. The van der Waals surface area contributed by atoms with Crippen LogP contribution in [0.3, 0.4) is 0 Å². The second-order valence-corrected chi connectivity index (χ2v) is 5.99. The first-order valence-electron chi connectivity index (χ1n) is 7.62. The van der Waals surface area contributed by atoms with Crippen molar-refractivity contribution in [2.24, 2.45) is 0 Å².